The van der Waals surface area contributed by atoms with Gasteiger partial charge >= 0.3 is 0 Å². The molecule has 126 valence electrons. The molecule has 1 aliphatic rings. The average molecular weight is 337 g/mol. The normalized spacial score (nSPS) is 14.0. The van der Waals surface area contributed by atoms with Gasteiger partial charge < -0.3 is 9.32 Å². The monoisotopic (exact) mass is 337 g/mol. The molecule has 5 nitrogen and oxygen atoms in total. The molecule has 0 atom stereocenters. The minimum Gasteiger partial charge on any atom is -0.459 e. The molecular weight excluding hydrogens is 321 g/mol. The molecule has 2 aromatic heterocycles. The van der Waals surface area contributed by atoms with Gasteiger partial charge in [0.05, 0.1) is 12.0 Å². The van der Waals surface area contributed by atoms with E-state index in [1.165, 1.54) is 24.7 Å². The SMILES string of the molecule is O=C(c1ccco1)N1CCc2ncnc(-c3ccc(F)cc3)c2CC1. The van der Waals surface area contributed by atoms with Crippen LogP contribution in [0.3, 0.4) is 0 Å². The summed E-state index contributed by atoms with van der Waals surface area (Å²) in [6, 6.07) is 9.66. The molecule has 0 spiro atoms. The van der Waals surface area contributed by atoms with Gasteiger partial charge in [-0.05, 0) is 42.8 Å². The van der Waals surface area contributed by atoms with Crippen molar-refractivity contribution in [3.05, 3.63) is 71.8 Å². The van der Waals surface area contributed by atoms with Crippen molar-refractivity contribution in [2.75, 3.05) is 13.1 Å². The predicted octanol–water partition coefficient (Wildman–Crippen LogP) is 3.12. The van der Waals surface area contributed by atoms with Crippen molar-refractivity contribution in [2.24, 2.45) is 0 Å². The topological polar surface area (TPSA) is 59.2 Å². The number of nitrogens with zero attached hydrogens (tertiary/aromatic N) is 3. The highest BCUT2D eigenvalue weighted by Crippen LogP contribution is 2.26. The van der Waals surface area contributed by atoms with Gasteiger partial charge in [-0.25, -0.2) is 14.4 Å². The number of carbonyl (C=O) groups excluding carboxylic acids is 1. The Balaban J connectivity index is 1.62. The molecule has 0 saturated carbocycles. The second-order valence-electron chi connectivity index (χ2n) is 5.92. The minimum atomic E-state index is -0.279. The van der Waals surface area contributed by atoms with Crippen LogP contribution >= 0.6 is 0 Å². The largest absolute Gasteiger partial charge is 0.459 e. The van der Waals surface area contributed by atoms with Crippen LogP contribution in [0.25, 0.3) is 11.3 Å². The fourth-order valence-corrected chi connectivity index (χ4v) is 3.14. The van der Waals surface area contributed by atoms with E-state index < -0.39 is 0 Å². The summed E-state index contributed by atoms with van der Waals surface area (Å²) in [6.07, 6.45) is 4.33. The maximum atomic E-state index is 13.2. The van der Waals surface area contributed by atoms with Gasteiger partial charge in [0.1, 0.15) is 12.1 Å². The number of benzene rings is 1. The lowest BCUT2D eigenvalue weighted by Crippen LogP contribution is -2.33. The second-order valence-corrected chi connectivity index (χ2v) is 5.92. The van der Waals surface area contributed by atoms with E-state index in [1.807, 2.05) is 0 Å². The highest BCUT2D eigenvalue weighted by molar-refractivity contribution is 5.91. The van der Waals surface area contributed by atoms with Crippen molar-refractivity contribution in [3.63, 3.8) is 0 Å². The summed E-state index contributed by atoms with van der Waals surface area (Å²) in [5.41, 5.74) is 3.61. The summed E-state index contributed by atoms with van der Waals surface area (Å²) in [4.78, 5) is 23.1. The van der Waals surface area contributed by atoms with Crippen LogP contribution in [0.1, 0.15) is 21.8 Å². The standard InChI is InChI=1S/C19H16FN3O2/c20-14-5-3-13(4-6-14)18-15-7-9-23(10-8-16(15)21-12-22-18)19(24)17-2-1-11-25-17/h1-6,11-12H,7-10H2. The number of carbonyl (C=O) groups is 1. The van der Waals surface area contributed by atoms with Crippen LogP contribution in [-0.2, 0) is 12.8 Å². The quantitative estimate of drug-likeness (QED) is 0.721. The summed E-state index contributed by atoms with van der Waals surface area (Å²) in [5.74, 6) is -0.0518. The lowest BCUT2D eigenvalue weighted by atomic mass is 10.0. The molecule has 1 aromatic carbocycles. The maximum absolute atomic E-state index is 13.2. The molecule has 0 radical (unpaired) electrons. The van der Waals surface area contributed by atoms with Crippen molar-refractivity contribution in [3.8, 4) is 11.3 Å². The number of hydrogen-bond acceptors (Lipinski definition) is 4. The Morgan fingerprint density at radius 3 is 2.64 bits per heavy atom. The molecule has 4 rings (SSSR count). The lowest BCUT2D eigenvalue weighted by molar-refractivity contribution is 0.0731. The third kappa shape index (κ3) is 3.03. The zero-order valence-corrected chi connectivity index (χ0v) is 13.5. The van der Waals surface area contributed by atoms with Gasteiger partial charge in [-0.3, -0.25) is 4.79 Å². The van der Waals surface area contributed by atoms with Crippen molar-refractivity contribution >= 4 is 5.91 Å². The molecule has 3 aromatic rings. The van der Waals surface area contributed by atoms with E-state index in [-0.39, 0.29) is 11.7 Å². The van der Waals surface area contributed by atoms with E-state index in [2.05, 4.69) is 9.97 Å². The van der Waals surface area contributed by atoms with Gasteiger partial charge in [-0.2, -0.15) is 0 Å². The van der Waals surface area contributed by atoms with Crippen molar-refractivity contribution < 1.29 is 13.6 Å². The molecule has 1 amide bonds. The Morgan fingerprint density at radius 2 is 1.88 bits per heavy atom. The first-order valence-electron chi connectivity index (χ1n) is 8.14. The fourth-order valence-electron chi connectivity index (χ4n) is 3.14. The molecule has 0 saturated heterocycles. The van der Waals surface area contributed by atoms with Crippen LogP contribution in [0.4, 0.5) is 4.39 Å². The van der Waals surface area contributed by atoms with Crippen LogP contribution < -0.4 is 0 Å². The number of aromatic nitrogens is 2. The zero-order valence-electron chi connectivity index (χ0n) is 13.5. The van der Waals surface area contributed by atoms with E-state index in [1.54, 1.807) is 29.2 Å². The first-order chi connectivity index (χ1) is 12.2. The van der Waals surface area contributed by atoms with E-state index in [0.717, 1.165) is 22.5 Å². The van der Waals surface area contributed by atoms with E-state index in [0.29, 0.717) is 31.7 Å². The van der Waals surface area contributed by atoms with Gasteiger partial charge in [-0.15, -0.1) is 0 Å². The van der Waals surface area contributed by atoms with Gasteiger partial charge in [0.15, 0.2) is 5.76 Å². The minimum absolute atomic E-state index is 0.117. The second kappa shape index (κ2) is 6.47. The van der Waals surface area contributed by atoms with Crippen molar-refractivity contribution in [1.82, 2.24) is 14.9 Å². The lowest BCUT2D eigenvalue weighted by Gasteiger charge is -2.18. The van der Waals surface area contributed by atoms with Gasteiger partial charge in [0.25, 0.3) is 5.91 Å². The molecule has 25 heavy (non-hydrogen) atoms. The van der Waals surface area contributed by atoms with Gasteiger partial charge in [-0.1, -0.05) is 0 Å². The zero-order chi connectivity index (χ0) is 17.2. The number of halogens is 1. The predicted molar refractivity (Wildman–Crippen MR) is 89.4 cm³/mol. The molecule has 0 aliphatic carbocycles. The Kier molecular flexibility index (Phi) is 4.01. The summed E-state index contributed by atoms with van der Waals surface area (Å²) >= 11 is 0. The summed E-state index contributed by atoms with van der Waals surface area (Å²) in [6.45, 7) is 1.14. The fraction of sp³-hybridized carbons (Fsp3) is 0.211. The van der Waals surface area contributed by atoms with Gasteiger partial charge in [0, 0.05) is 36.3 Å². The summed E-state index contributed by atoms with van der Waals surface area (Å²) < 4.78 is 18.4. The molecular formula is C19H16FN3O2. The highest BCUT2D eigenvalue weighted by Gasteiger charge is 2.24. The number of hydrogen-bond donors (Lipinski definition) is 0. The Hall–Kier alpha value is -3.02. The van der Waals surface area contributed by atoms with E-state index in [9.17, 15) is 9.18 Å². The molecule has 0 unspecified atom stereocenters. The smallest absolute Gasteiger partial charge is 0.289 e. The maximum Gasteiger partial charge on any atom is 0.289 e. The first kappa shape index (κ1) is 15.5. The van der Waals surface area contributed by atoms with E-state index >= 15 is 0 Å². The summed E-state index contributed by atoms with van der Waals surface area (Å²) in [5, 5.41) is 0. The number of rotatable bonds is 2. The van der Waals surface area contributed by atoms with Crippen molar-refractivity contribution in [2.45, 2.75) is 12.8 Å². The van der Waals surface area contributed by atoms with Crippen LogP contribution in [0.2, 0.25) is 0 Å². The van der Waals surface area contributed by atoms with Crippen LogP contribution in [0, 0.1) is 5.82 Å². The third-order valence-electron chi connectivity index (χ3n) is 4.42. The molecule has 0 fully saturated rings. The molecule has 0 bridgehead atoms. The van der Waals surface area contributed by atoms with Crippen LogP contribution in [0.5, 0.6) is 0 Å². The number of furan rings is 1. The van der Waals surface area contributed by atoms with Crippen LogP contribution in [-0.4, -0.2) is 33.9 Å². The summed E-state index contributed by atoms with van der Waals surface area (Å²) in [7, 11) is 0. The number of fused-ring (bicyclic) bond motifs is 1. The van der Waals surface area contributed by atoms with Crippen LogP contribution in [0.15, 0.2) is 53.4 Å². The van der Waals surface area contributed by atoms with Crippen molar-refractivity contribution in [1.29, 1.82) is 0 Å². The molecule has 6 heteroatoms. The molecule has 0 N–H and O–H groups in total. The molecule has 3 heterocycles. The first-order valence-corrected chi connectivity index (χ1v) is 8.14. The van der Waals surface area contributed by atoms with Gasteiger partial charge in [0.2, 0.25) is 0 Å². The Bertz CT molecular complexity index is 892. The number of amides is 1. The Morgan fingerprint density at radius 1 is 1.08 bits per heavy atom. The third-order valence-corrected chi connectivity index (χ3v) is 4.42. The highest BCUT2D eigenvalue weighted by atomic mass is 19.1. The Labute approximate surface area is 144 Å². The molecule has 1 aliphatic heterocycles. The van der Waals surface area contributed by atoms with E-state index in [4.69, 9.17) is 4.42 Å². The average Bonchev–Trinajstić information content (AvgIpc) is 3.08.